The van der Waals surface area contributed by atoms with Crippen LogP contribution in [-0.2, 0) is 33.3 Å². The van der Waals surface area contributed by atoms with Gasteiger partial charge in [0.25, 0.3) is 0 Å². The third kappa shape index (κ3) is 9.08. The van der Waals surface area contributed by atoms with Gasteiger partial charge in [-0.1, -0.05) is 39.5 Å². The molecule has 2 heterocycles. The maximum atomic E-state index is 12.1. The molecule has 2 rings (SSSR count). The van der Waals surface area contributed by atoms with Gasteiger partial charge in [0.15, 0.2) is 24.8 Å². The molecule has 0 aliphatic carbocycles. The van der Waals surface area contributed by atoms with Crippen molar-refractivity contribution in [3.8, 4) is 0 Å². The average molecular weight is 539 g/mol. The molecular weight excluding hydrogens is 496 g/mol. The van der Waals surface area contributed by atoms with Gasteiger partial charge in [0, 0.05) is 12.8 Å². The first-order valence-electron chi connectivity index (χ1n) is 13.0. The summed E-state index contributed by atoms with van der Waals surface area (Å²) >= 11 is 0. The maximum absolute atomic E-state index is 12.1. The molecule has 2 aliphatic heterocycles. The molecule has 0 radical (unpaired) electrons. The van der Waals surface area contributed by atoms with E-state index in [1.165, 1.54) is 0 Å². The molecular formula is C24H42O13. The third-order valence-electron chi connectivity index (χ3n) is 6.41. The zero-order valence-corrected chi connectivity index (χ0v) is 21.4. The van der Waals surface area contributed by atoms with E-state index in [0.717, 1.165) is 25.7 Å². The highest BCUT2D eigenvalue weighted by atomic mass is 16.7. The van der Waals surface area contributed by atoms with Gasteiger partial charge < -0.3 is 54.3 Å². The largest absolute Gasteiger partial charge is 0.457 e. The molecule has 37 heavy (non-hydrogen) atoms. The van der Waals surface area contributed by atoms with Gasteiger partial charge in [-0.15, -0.1) is 0 Å². The molecule has 13 nitrogen and oxygen atoms in total. The van der Waals surface area contributed by atoms with Crippen LogP contribution in [0.4, 0.5) is 0 Å². The van der Waals surface area contributed by atoms with Crippen LogP contribution in [0.5, 0.6) is 0 Å². The number of carbonyl (C=O) groups is 2. The predicted molar refractivity (Wildman–Crippen MR) is 125 cm³/mol. The molecule has 10 atom stereocenters. The van der Waals surface area contributed by atoms with E-state index in [2.05, 4.69) is 0 Å². The first-order chi connectivity index (χ1) is 17.6. The topological polar surface area (TPSA) is 202 Å². The minimum atomic E-state index is -1.76. The fourth-order valence-electron chi connectivity index (χ4n) is 4.17. The molecule has 0 aromatic heterocycles. The molecule has 2 aliphatic rings. The van der Waals surface area contributed by atoms with Crippen molar-refractivity contribution < 1.29 is 63.9 Å². The van der Waals surface area contributed by atoms with Crippen LogP contribution < -0.4 is 0 Å². The van der Waals surface area contributed by atoms with E-state index in [9.17, 15) is 40.2 Å². The zero-order valence-electron chi connectivity index (χ0n) is 21.4. The number of hydrogen-bond donors (Lipinski definition) is 6. The second-order valence-corrected chi connectivity index (χ2v) is 9.41. The Morgan fingerprint density at radius 3 is 1.78 bits per heavy atom. The van der Waals surface area contributed by atoms with Gasteiger partial charge in [-0.05, 0) is 12.8 Å². The second-order valence-electron chi connectivity index (χ2n) is 9.41. The number of carbonyl (C=O) groups excluding carboxylic acids is 2. The summed E-state index contributed by atoms with van der Waals surface area (Å²) in [6.45, 7) is 2.78. The van der Waals surface area contributed by atoms with Crippen LogP contribution in [0, 0.1) is 0 Å². The van der Waals surface area contributed by atoms with Gasteiger partial charge in [0.1, 0.15) is 36.6 Å². The van der Waals surface area contributed by atoms with Crippen molar-refractivity contribution in [2.45, 2.75) is 127 Å². The minimum absolute atomic E-state index is 0.0900. The molecule has 216 valence electrons. The highest BCUT2D eigenvalue weighted by Gasteiger charge is 2.49. The monoisotopic (exact) mass is 538 g/mol. The van der Waals surface area contributed by atoms with E-state index in [0.29, 0.717) is 12.8 Å². The standard InChI is InChI=1S/C24H42O13/c1-3-5-7-9-15(26)36-21-13(11-25)35-24(20(31)19(21)30)33-12-14-17(28)18(29)22(23(32)34-14)37-16(27)10-8-6-4-2/h13-14,17-25,28-32H,3-12H2,1-2H3/t13-,14-,17-,18+,19-,20-,21-,22-,23?,24-/m1/s1. The van der Waals surface area contributed by atoms with Crippen molar-refractivity contribution in [3.05, 3.63) is 0 Å². The molecule has 0 amide bonds. The van der Waals surface area contributed by atoms with Crippen LogP contribution in [0.1, 0.15) is 65.2 Å². The molecule has 1 unspecified atom stereocenters. The smallest absolute Gasteiger partial charge is 0.306 e. The van der Waals surface area contributed by atoms with Crippen LogP contribution in [-0.4, -0.2) is 117 Å². The number of hydrogen-bond acceptors (Lipinski definition) is 13. The summed E-state index contributed by atoms with van der Waals surface area (Å²) in [4.78, 5) is 24.0. The van der Waals surface area contributed by atoms with E-state index < -0.39 is 86.6 Å². The Labute approximate surface area is 216 Å². The Morgan fingerprint density at radius 2 is 1.24 bits per heavy atom. The molecule has 6 N–H and O–H groups in total. The second kappa shape index (κ2) is 15.9. The number of ether oxygens (including phenoxy) is 5. The fourth-order valence-corrected chi connectivity index (χ4v) is 4.17. The Balaban J connectivity index is 1.90. The summed E-state index contributed by atoms with van der Waals surface area (Å²) in [6.07, 6.45) is -10.5. The van der Waals surface area contributed by atoms with Gasteiger partial charge in [-0.3, -0.25) is 9.59 Å². The summed E-state index contributed by atoms with van der Waals surface area (Å²) in [5, 5.41) is 61.6. The van der Waals surface area contributed by atoms with Crippen LogP contribution >= 0.6 is 0 Å². The van der Waals surface area contributed by atoms with Gasteiger partial charge in [-0.25, -0.2) is 0 Å². The zero-order chi connectivity index (χ0) is 27.5. The van der Waals surface area contributed by atoms with Crippen molar-refractivity contribution in [2.24, 2.45) is 0 Å². The molecule has 2 fully saturated rings. The fraction of sp³-hybridized carbons (Fsp3) is 0.917. The lowest BCUT2D eigenvalue weighted by atomic mass is 9.98. The Hall–Kier alpha value is -1.42. The van der Waals surface area contributed by atoms with Crippen LogP contribution in [0.3, 0.4) is 0 Å². The van der Waals surface area contributed by atoms with Crippen molar-refractivity contribution in [1.29, 1.82) is 0 Å². The van der Waals surface area contributed by atoms with Gasteiger partial charge in [-0.2, -0.15) is 0 Å². The number of aliphatic hydroxyl groups excluding tert-OH is 6. The molecule has 0 spiro atoms. The third-order valence-corrected chi connectivity index (χ3v) is 6.41. The maximum Gasteiger partial charge on any atom is 0.306 e. The lowest BCUT2D eigenvalue weighted by Crippen LogP contribution is -2.62. The molecule has 0 saturated carbocycles. The lowest BCUT2D eigenvalue weighted by Gasteiger charge is -2.43. The van der Waals surface area contributed by atoms with E-state index in [-0.39, 0.29) is 12.8 Å². The highest BCUT2D eigenvalue weighted by Crippen LogP contribution is 2.27. The molecule has 0 aromatic carbocycles. The summed E-state index contributed by atoms with van der Waals surface area (Å²) in [5.41, 5.74) is 0. The van der Waals surface area contributed by atoms with Gasteiger partial charge in [0.2, 0.25) is 0 Å². The Bertz CT molecular complexity index is 690. The minimum Gasteiger partial charge on any atom is -0.457 e. The molecule has 2 saturated heterocycles. The Kier molecular flexibility index (Phi) is 13.6. The van der Waals surface area contributed by atoms with E-state index in [1.807, 2.05) is 13.8 Å². The normalized spacial score (nSPS) is 36.2. The molecule has 0 aromatic rings. The molecule has 0 bridgehead atoms. The van der Waals surface area contributed by atoms with Crippen LogP contribution in [0.15, 0.2) is 0 Å². The average Bonchev–Trinajstić information content (AvgIpc) is 2.87. The van der Waals surface area contributed by atoms with E-state index >= 15 is 0 Å². The summed E-state index contributed by atoms with van der Waals surface area (Å²) in [6, 6.07) is 0. The van der Waals surface area contributed by atoms with Crippen molar-refractivity contribution in [3.63, 3.8) is 0 Å². The number of esters is 2. The highest BCUT2D eigenvalue weighted by molar-refractivity contribution is 5.70. The summed E-state index contributed by atoms with van der Waals surface area (Å²) in [5.74, 6) is -1.25. The van der Waals surface area contributed by atoms with Crippen molar-refractivity contribution in [1.82, 2.24) is 0 Å². The van der Waals surface area contributed by atoms with Gasteiger partial charge >= 0.3 is 11.9 Å². The summed E-state index contributed by atoms with van der Waals surface area (Å²) < 4.78 is 26.4. The summed E-state index contributed by atoms with van der Waals surface area (Å²) in [7, 11) is 0. The van der Waals surface area contributed by atoms with E-state index in [4.69, 9.17) is 23.7 Å². The quantitative estimate of drug-likeness (QED) is 0.115. The van der Waals surface area contributed by atoms with Crippen molar-refractivity contribution in [2.75, 3.05) is 13.2 Å². The SMILES string of the molecule is CCCCCC(=O)O[C@H]1[C@H](O)[C@@H](O)[C@H](OC[C@H]2OC(O)[C@H](OC(=O)CCCCC)[C@@H](O)[C@@H]2O)O[C@@H]1CO. The first kappa shape index (κ1) is 31.8. The number of aliphatic hydroxyl groups is 6. The van der Waals surface area contributed by atoms with Crippen molar-refractivity contribution >= 4 is 11.9 Å². The lowest BCUT2D eigenvalue weighted by molar-refractivity contribution is -0.327. The van der Waals surface area contributed by atoms with Crippen LogP contribution in [0.2, 0.25) is 0 Å². The predicted octanol–water partition coefficient (Wildman–Crippen LogP) is -1.13. The number of unbranched alkanes of at least 4 members (excludes halogenated alkanes) is 4. The first-order valence-corrected chi connectivity index (χ1v) is 13.0. The number of rotatable bonds is 14. The van der Waals surface area contributed by atoms with Crippen LogP contribution in [0.25, 0.3) is 0 Å². The van der Waals surface area contributed by atoms with E-state index in [1.54, 1.807) is 0 Å². The van der Waals surface area contributed by atoms with Gasteiger partial charge in [0.05, 0.1) is 13.2 Å². The molecule has 13 heteroatoms. The Morgan fingerprint density at radius 1 is 0.703 bits per heavy atom.